The standard InChI is InChI=1S/C12H20NO3S/c1-8-6-10(17-9(2)14)7-13(8)11(15)16-12(3,4)5/h8,10H,1,6-7H2,2-5H3/t8-,10+/m0/s1. The van der Waals surface area contributed by atoms with E-state index in [1.54, 1.807) is 11.8 Å². The predicted octanol–water partition coefficient (Wildman–Crippen LogP) is 2.48. The van der Waals surface area contributed by atoms with Gasteiger partial charge in [0.1, 0.15) is 5.60 Å². The van der Waals surface area contributed by atoms with E-state index in [4.69, 9.17) is 4.74 Å². The average Bonchev–Trinajstić information content (AvgIpc) is 2.42. The highest BCUT2D eigenvalue weighted by Crippen LogP contribution is 2.28. The molecule has 0 unspecified atom stereocenters. The molecule has 1 saturated heterocycles. The fourth-order valence-corrected chi connectivity index (χ4v) is 2.76. The SMILES string of the molecule is [CH2][C@H]1C[C@@H](SC(C)=O)CN1C(=O)OC(C)(C)C. The van der Waals surface area contributed by atoms with E-state index in [0.29, 0.717) is 6.54 Å². The zero-order chi connectivity index (χ0) is 13.2. The van der Waals surface area contributed by atoms with Crippen LogP contribution in [0.2, 0.25) is 0 Å². The van der Waals surface area contributed by atoms with Gasteiger partial charge in [-0.2, -0.15) is 0 Å². The lowest BCUT2D eigenvalue weighted by Crippen LogP contribution is -2.39. The number of carbonyl (C=O) groups is 2. The molecule has 0 aromatic carbocycles. The topological polar surface area (TPSA) is 46.6 Å². The largest absolute Gasteiger partial charge is 0.444 e. The Hall–Kier alpha value is -0.710. The Labute approximate surface area is 107 Å². The normalized spacial score (nSPS) is 24.9. The third kappa shape index (κ3) is 4.58. The van der Waals surface area contributed by atoms with Crippen molar-refractivity contribution >= 4 is 23.0 Å². The van der Waals surface area contributed by atoms with Crippen LogP contribution in [0, 0.1) is 6.92 Å². The second-order valence-corrected chi connectivity index (χ2v) is 6.73. The maximum Gasteiger partial charge on any atom is 0.410 e. The molecular weight excluding hydrogens is 238 g/mol. The Kier molecular flexibility index (Phi) is 4.47. The van der Waals surface area contributed by atoms with Crippen LogP contribution < -0.4 is 0 Å². The van der Waals surface area contributed by atoms with Crippen molar-refractivity contribution in [2.24, 2.45) is 0 Å². The van der Waals surface area contributed by atoms with Gasteiger partial charge >= 0.3 is 6.09 Å². The van der Waals surface area contributed by atoms with Gasteiger partial charge in [-0.1, -0.05) is 11.8 Å². The van der Waals surface area contributed by atoms with Gasteiger partial charge in [0.2, 0.25) is 0 Å². The van der Waals surface area contributed by atoms with E-state index in [0.717, 1.165) is 6.42 Å². The molecule has 17 heavy (non-hydrogen) atoms. The van der Waals surface area contributed by atoms with Crippen molar-refractivity contribution in [2.45, 2.75) is 51.0 Å². The number of carbonyl (C=O) groups excluding carboxylic acids is 2. The van der Waals surface area contributed by atoms with Gasteiger partial charge in [0.05, 0.1) is 0 Å². The Morgan fingerprint density at radius 2 is 2.00 bits per heavy atom. The van der Waals surface area contributed by atoms with Crippen molar-refractivity contribution in [3.05, 3.63) is 6.92 Å². The number of likely N-dealkylation sites (tertiary alicyclic amines) is 1. The number of amides is 1. The van der Waals surface area contributed by atoms with E-state index < -0.39 is 5.60 Å². The van der Waals surface area contributed by atoms with Crippen LogP contribution in [0.1, 0.15) is 34.1 Å². The third-order valence-corrected chi connectivity index (χ3v) is 3.34. The molecule has 0 N–H and O–H groups in total. The minimum atomic E-state index is -0.497. The molecule has 1 amide bonds. The molecule has 1 fully saturated rings. The van der Waals surface area contributed by atoms with Gasteiger partial charge in [0.25, 0.3) is 0 Å². The van der Waals surface area contributed by atoms with E-state index in [9.17, 15) is 9.59 Å². The van der Waals surface area contributed by atoms with Crippen molar-refractivity contribution in [1.29, 1.82) is 0 Å². The summed E-state index contributed by atoms with van der Waals surface area (Å²) in [6.45, 7) is 11.5. The lowest BCUT2D eigenvalue weighted by Gasteiger charge is -2.26. The maximum atomic E-state index is 11.9. The van der Waals surface area contributed by atoms with Gasteiger partial charge < -0.3 is 9.64 Å². The highest BCUT2D eigenvalue weighted by atomic mass is 32.2. The first-order valence-electron chi connectivity index (χ1n) is 5.69. The molecule has 5 heteroatoms. The van der Waals surface area contributed by atoms with Crippen molar-refractivity contribution in [1.82, 2.24) is 4.90 Å². The Balaban J connectivity index is 2.55. The van der Waals surface area contributed by atoms with Crippen LogP contribution in [0.4, 0.5) is 4.79 Å². The summed E-state index contributed by atoms with van der Waals surface area (Å²) >= 11 is 1.28. The molecule has 0 aliphatic carbocycles. The summed E-state index contributed by atoms with van der Waals surface area (Å²) in [6, 6.07) is -0.110. The van der Waals surface area contributed by atoms with Crippen molar-refractivity contribution < 1.29 is 14.3 Å². The second-order valence-electron chi connectivity index (χ2n) is 5.25. The van der Waals surface area contributed by atoms with Gasteiger partial charge in [-0.25, -0.2) is 4.79 Å². The summed E-state index contributed by atoms with van der Waals surface area (Å²) in [5, 5.41) is 0.218. The second kappa shape index (κ2) is 5.29. The summed E-state index contributed by atoms with van der Waals surface area (Å²) in [4.78, 5) is 24.5. The predicted molar refractivity (Wildman–Crippen MR) is 68.8 cm³/mol. The van der Waals surface area contributed by atoms with E-state index in [2.05, 4.69) is 6.92 Å². The first-order chi connectivity index (χ1) is 7.69. The molecule has 0 saturated carbocycles. The van der Waals surface area contributed by atoms with Crippen LogP contribution in [0.5, 0.6) is 0 Å². The molecule has 1 aliphatic heterocycles. The zero-order valence-corrected chi connectivity index (χ0v) is 11.7. The number of nitrogens with zero attached hydrogens (tertiary/aromatic N) is 1. The number of hydrogen-bond donors (Lipinski definition) is 0. The molecule has 0 bridgehead atoms. The molecule has 0 aromatic heterocycles. The highest BCUT2D eigenvalue weighted by Gasteiger charge is 2.35. The quantitative estimate of drug-likeness (QED) is 0.725. The molecule has 97 valence electrons. The molecule has 0 aromatic rings. The average molecular weight is 258 g/mol. The van der Waals surface area contributed by atoms with E-state index in [1.807, 2.05) is 20.8 Å². The van der Waals surface area contributed by atoms with Crippen molar-refractivity contribution in [2.75, 3.05) is 6.54 Å². The number of ether oxygens (including phenoxy) is 1. The third-order valence-electron chi connectivity index (χ3n) is 2.34. The fraction of sp³-hybridized carbons (Fsp3) is 0.750. The number of rotatable bonds is 1. The Bertz CT molecular complexity index is 311. The smallest absolute Gasteiger partial charge is 0.410 e. The Morgan fingerprint density at radius 3 is 2.47 bits per heavy atom. The van der Waals surface area contributed by atoms with Crippen LogP contribution in [0.25, 0.3) is 0 Å². The van der Waals surface area contributed by atoms with Crippen LogP contribution in [0.3, 0.4) is 0 Å². The van der Waals surface area contributed by atoms with E-state index >= 15 is 0 Å². The first kappa shape index (κ1) is 14.4. The molecule has 1 radical (unpaired) electrons. The van der Waals surface area contributed by atoms with Gasteiger partial charge in [-0.15, -0.1) is 0 Å². The van der Waals surface area contributed by atoms with Crippen LogP contribution in [-0.4, -0.2) is 39.5 Å². The molecule has 4 nitrogen and oxygen atoms in total. The lowest BCUT2D eigenvalue weighted by molar-refractivity contribution is -0.109. The van der Waals surface area contributed by atoms with E-state index in [1.165, 1.54) is 11.8 Å². The number of thioether (sulfide) groups is 1. The number of hydrogen-bond acceptors (Lipinski definition) is 4. The van der Waals surface area contributed by atoms with Gasteiger partial charge in [0, 0.05) is 24.8 Å². The summed E-state index contributed by atoms with van der Waals surface area (Å²) in [7, 11) is 0. The van der Waals surface area contributed by atoms with Gasteiger partial charge in [0.15, 0.2) is 5.12 Å². The van der Waals surface area contributed by atoms with Crippen molar-refractivity contribution in [3.8, 4) is 0 Å². The summed E-state index contributed by atoms with van der Waals surface area (Å²) in [6.07, 6.45) is 0.396. The zero-order valence-electron chi connectivity index (χ0n) is 10.9. The first-order valence-corrected chi connectivity index (χ1v) is 6.57. The summed E-state index contributed by atoms with van der Waals surface area (Å²) < 4.78 is 5.30. The van der Waals surface area contributed by atoms with Crippen molar-refractivity contribution in [3.63, 3.8) is 0 Å². The van der Waals surface area contributed by atoms with Gasteiger partial charge in [-0.3, -0.25) is 4.79 Å². The summed E-state index contributed by atoms with van der Waals surface area (Å²) in [5.74, 6) is 0. The molecule has 2 atom stereocenters. The monoisotopic (exact) mass is 258 g/mol. The minimum Gasteiger partial charge on any atom is -0.444 e. The molecule has 1 aliphatic rings. The molecule has 1 rings (SSSR count). The van der Waals surface area contributed by atoms with Crippen LogP contribution in [0.15, 0.2) is 0 Å². The summed E-state index contributed by atoms with van der Waals surface area (Å²) in [5.41, 5.74) is -0.497. The highest BCUT2D eigenvalue weighted by molar-refractivity contribution is 8.14. The Morgan fingerprint density at radius 1 is 1.41 bits per heavy atom. The van der Waals surface area contributed by atoms with Crippen LogP contribution in [-0.2, 0) is 9.53 Å². The maximum absolute atomic E-state index is 11.9. The van der Waals surface area contributed by atoms with Crippen LogP contribution >= 0.6 is 11.8 Å². The fourth-order valence-electron chi connectivity index (χ4n) is 1.74. The van der Waals surface area contributed by atoms with E-state index in [-0.39, 0.29) is 22.5 Å². The molecule has 1 heterocycles. The molecular formula is C12H20NO3S. The minimum absolute atomic E-state index is 0.0771. The molecule has 0 spiro atoms. The van der Waals surface area contributed by atoms with Gasteiger partial charge in [-0.05, 0) is 34.1 Å². The lowest BCUT2D eigenvalue weighted by atomic mass is 10.2.